The molecule has 8 aliphatic rings. The van der Waals surface area contributed by atoms with Gasteiger partial charge in [-0.3, -0.25) is 4.79 Å². The third-order valence-corrected chi connectivity index (χ3v) is 18.8. The summed E-state index contributed by atoms with van der Waals surface area (Å²) in [5, 5.41) is 23.3. The minimum absolute atomic E-state index is 0.0422. The first kappa shape index (κ1) is 55.3. The summed E-state index contributed by atoms with van der Waals surface area (Å²) in [6.07, 6.45) is 2.27. The van der Waals surface area contributed by atoms with E-state index >= 15 is 0 Å². The standard InChI is InChI=1S/C54H86O17/c1-14-27(2)51(57)68-42-22-37-36(54(58)20-18-35(28(3)55)53(42,54)9)16-15-33-21-34(17-19-52(33,37)8)67-43-24-39(60-11)48(30(5)64-43)70-45-26-41(62-13)50(32(7)66-45)71-46-25-40(61-12)49(31(6)65-46)69-44-23-38(59-10)47(56)29(4)63-44/h14-15,29-32,34-50,56,58H,16-26H2,1-13H3/b27-14+/t29-,30-,31-,32-,34+,35-,36?,37?,38-,39+,40+,41+,42-,43+,44+,45+,46+,47-,48-,49-,50-,52+,53+,54+/m1/s1. The molecule has 0 bridgehead atoms. The first-order valence-corrected chi connectivity index (χ1v) is 26.5. The summed E-state index contributed by atoms with van der Waals surface area (Å²) in [5.41, 5.74) is -0.429. The molecular weight excluding hydrogens is 921 g/mol. The van der Waals surface area contributed by atoms with E-state index in [9.17, 15) is 19.8 Å². The van der Waals surface area contributed by atoms with Crippen LogP contribution in [0.2, 0.25) is 0 Å². The maximum Gasteiger partial charge on any atom is 0.333 e. The SMILES string of the molecule is C/C=C(\C)C(=O)O[C@@H]1CC2C(CC=C3C[C@@H](O[C@H]4C[C@H](OC)[C@H](O[C@H]5C[C@H](OC)[C@H](O[C@H]6C[C@H](OC)[C@H](O[C@H]7C[C@@H](OC)[C@H](O)[C@@H](C)O7)[C@@H](C)O6)[C@@H](C)O5)[C@@H](C)O4)CC[C@@]32C)[C@@]2(O)CC[C@H](C(C)=O)[C@@]12C. The van der Waals surface area contributed by atoms with Crippen molar-refractivity contribution in [2.24, 2.45) is 28.6 Å². The molecule has 17 heteroatoms. The lowest BCUT2D eigenvalue weighted by Gasteiger charge is -2.63. The number of allylic oxidation sites excluding steroid dienone is 2. The van der Waals surface area contributed by atoms with Crippen LogP contribution >= 0.6 is 0 Å². The number of methoxy groups -OCH3 is 4. The summed E-state index contributed by atoms with van der Waals surface area (Å²) in [5.74, 6) is -0.718. The van der Waals surface area contributed by atoms with Crippen LogP contribution in [-0.4, -0.2) is 167 Å². The first-order chi connectivity index (χ1) is 33.7. The van der Waals surface area contributed by atoms with E-state index in [1.807, 2.05) is 34.6 Å². The molecule has 0 aromatic heterocycles. The van der Waals surface area contributed by atoms with Crippen molar-refractivity contribution in [1.82, 2.24) is 0 Å². The lowest BCUT2D eigenvalue weighted by molar-refractivity contribution is -0.347. The summed E-state index contributed by atoms with van der Waals surface area (Å²) in [6.45, 7) is 17.1. The molecule has 2 N–H and O–H groups in total. The predicted molar refractivity (Wildman–Crippen MR) is 257 cm³/mol. The Balaban J connectivity index is 0.855. The van der Waals surface area contributed by atoms with Crippen molar-refractivity contribution < 1.29 is 81.4 Å². The molecular formula is C54H86O17. The Morgan fingerprint density at radius 2 is 1.14 bits per heavy atom. The zero-order chi connectivity index (χ0) is 51.3. The number of carbonyl (C=O) groups excluding carboxylic acids is 2. The summed E-state index contributed by atoms with van der Waals surface area (Å²) >= 11 is 0. The van der Waals surface area contributed by atoms with Gasteiger partial charge in [-0.2, -0.15) is 0 Å². The Bertz CT molecular complexity index is 1910. The van der Waals surface area contributed by atoms with E-state index in [1.165, 1.54) is 5.57 Å². The van der Waals surface area contributed by atoms with Crippen molar-refractivity contribution in [2.45, 2.75) is 249 Å². The third kappa shape index (κ3) is 10.5. The van der Waals surface area contributed by atoms with Crippen LogP contribution in [0.3, 0.4) is 0 Å². The molecule has 8 rings (SSSR count). The highest BCUT2D eigenvalue weighted by molar-refractivity contribution is 5.88. The van der Waals surface area contributed by atoms with Gasteiger partial charge in [0.25, 0.3) is 0 Å². The molecule has 4 saturated heterocycles. The van der Waals surface area contributed by atoms with Gasteiger partial charge in [-0.1, -0.05) is 31.6 Å². The van der Waals surface area contributed by atoms with Crippen LogP contribution in [0.1, 0.15) is 133 Å². The minimum Gasteiger partial charge on any atom is -0.458 e. The fourth-order valence-electron chi connectivity index (χ4n) is 14.4. The number of rotatable bonds is 15. The molecule has 0 aromatic rings. The molecule has 3 saturated carbocycles. The van der Waals surface area contributed by atoms with E-state index in [0.29, 0.717) is 56.9 Å². The van der Waals surface area contributed by atoms with E-state index in [1.54, 1.807) is 55.3 Å². The van der Waals surface area contributed by atoms with Crippen molar-refractivity contribution in [2.75, 3.05) is 28.4 Å². The van der Waals surface area contributed by atoms with E-state index in [2.05, 4.69) is 13.0 Å². The predicted octanol–water partition coefficient (Wildman–Crippen LogP) is 6.26. The second-order valence-electron chi connectivity index (χ2n) is 22.5. The quantitative estimate of drug-likeness (QED) is 0.106. The number of fused-ring (bicyclic) bond motifs is 5. The largest absolute Gasteiger partial charge is 0.458 e. The molecule has 4 aliphatic heterocycles. The highest BCUT2D eigenvalue weighted by Crippen LogP contribution is 2.68. The van der Waals surface area contributed by atoms with Gasteiger partial charge in [-0.25, -0.2) is 4.79 Å². The Hall–Kier alpha value is -1.94. The fraction of sp³-hybridized carbons (Fsp3) is 0.889. The molecule has 71 heavy (non-hydrogen) atoms. The summed E-state index contributed by atoms with van der Waals surface area (Å²) < 4.78 is 81.8. The molecule has 4 aliphatic carbocycles. The number of hydrogen-bond donors (Lipinski definition) is 2. The molecule has 2 unspecified atom stereocenters. The summed E-state index contributed by atoms with van der Waals surface area (Å²) in [6, 6.07) is 0. The van der Waals surface area contributed by atoms with E-state index in [4.69, 9.17) is 61.6 Å². The van der Waals surface area contributed by atoms with Gasteiger partial charge in [0.1, 0.15) is 36.3 Å². The van der Waals surface area contributed by atoms with Gasteiger partial charge in [-0.15, -0.1) is 0 Å². The number of carbonyl (C=O) groups is 2. The number of ether oxygens (including phenoxy) is 13. The number of aliphatic hydroxyl groups excluding tert-OH is 1. The molecule has 0 aromatic carbocycles. The number of Topliss-reactive ketones (excluding diaryl/α,β-unsaturated/α-hetero) is 1. The fourth-order valence-corrected chi connectivity index (χ4v) is 14.4. The third-order valence-electron chi connectivity index (χ3n) is 18.8. The van der Waals surface area contributed by atoms with E-state index < -0.39 is 91.1 Å². The number of hydrogen-bond acceptors (Lipinski definition) is 17. The van der Waals surface area contributed by atoms with Crippen LogP contribution < -0.4 is 0 Å². The Morgan fingerprint density at radius 3 is 1.62 bits per heavy atom. The smallest absolute Gasteiger partial charge is 0.333 e. The van der Waals surface area contributed by atoms with Crippen molar-refractivity contribution in [1.29, 1.82) is 0 Å². The lowest BCUT2D eigenvalue weighted by atomic mass is 9.45. The normalized spacial score (nSPS) is 49.3. The van der Waals surface area contributed by atoms with E-state index in [0.717, 1.165) is 19.3 Å². The molecule has 24 atom stereocenters. The van der Waals surface area contributed by atoms with Gasteiger partial charge >= 0.3 is 5.97 Å². The lowest BCUT2D eigenvalue weighted by Crippen LogP contribution is -2.66. The maximum absolute atomic E-state index is 13.4. The number of aliphatic hydroxyl groups is 2. The van der Waals surface area contributed by atoms with Gasteiger partial charge in [-0.05, 0) is 111 Å². The first-order valence-electron chi connectivity index (χ1n) is 26.5. The second-order valence-corrected chi connectivity index (χ2v) is 22.5. The molecule has 0 radical (unpaired) electrons. The number of ketones is 1. The van der Waals surface area contributed by atoms with Gasteiger partial charge < -0.3 is 71.8 Å². The van der Waals surface area contributed by atoms with Crippen molar-refractivity contribution in [3.05, 3.63) is 23.3 Å². The molecule has 4 heterocycles. The number of esters is 1. The van der Waals surface area contributed by atoms with Crippen LogP contribution in [0.15, 0.2) is 23.3 Å². The zero-order valence-electron chi connectivity index (χ0n) is 44.6. The Labute approximate surface area is 421 Å². The Morgan fingerprint density at radius 1 is 0.662 bits per heavy atom. The molecule has 0 amide bonds. The van der Waals surface area contributed by atoms with Crippen LogP contribution in [-0.2, 0) is 71.2 Å². The highest BCUT2D eigenvalue weighted by atomic mass is 16.8. The van der Waals surface area contributed by atoms with Gasteiger partial charge in [0, 0.05) is 71.0 Å². The maximum atomic E-state index is 13.4. The van der Waals surface area contributed by atoms with Gasteiger partial charge in [0.05, 0.1) is 60.5 Å². The van der Waals surface area contributed by atoms with Gasteiger partial charge in [0.2, 0.25) is 0 Å². The van der Waals surface area contributed by atoms with Crippen LogP contribution in [0.4, 0.5) is 0 Å². The topological polar surface area (TPSA) is 195 Å². The Kier molecular flexibility index (Phi) is 17.4. The minimum atomic E-state index is -1.15. The average molecular weight is 1010 g/mol. The van der Waals surface area contributed by atoms with Crippen LogP contribution in [0, 0.1) is 28.6 Å². The highest BCUT2D eigenvalue weighted by Gasteiger charge is 2.71. The molecule has 17 nitrogen and oxygen atoms in total. The molecule has 404 valence electrons. The molecule has 0 spiro atoms. The van der Waals surface area contributed by atoms with Crippen molar-refractivity contribution in [3.63, 3.8) is 0 Å². The summed E-state index contributed by atoms with van der Waals surface area (Å²) in [7, 11) is 6.56. The van der Waals surface area contributed by atoms with Crippen LogP contribution in [0.5, 0.6) is 0 Å². The van der Waals surface area contributed by atoms with Gasteiger partial charge in [0.15, 0.2) is 25.2 Å². The molecule has 7 fully saturated rings. The van der Waals surface area contributed by atoms with Crippen LogP contribution in [0.25, 0.3) is 0 Å². The zero-order valence-corrected chi connectivity index (χ0v) is 44.6. The average Bonchev–Trinajstić information content (AvgIpc) is 3.63. The monoisotopic (exact) mass is 1010 g/mol. The van der Waals surface area contributed by atoms with E-state index in [-0.39, 0.29) is 65.4 Å². The summed E-state index contributed by atoms with van der Waals surface area (Å²) in [4.78, 5) is 26.5. The van der Waals surface area contributed by atoms with Crippen molar-refractivity contribution in [3.8, 4) is 0 Å². The van der Waals surface area contributed by atoms with Crippen molar-refractivity contribution >= 4 is 11.8 Å². The second kappa shape index (κ2) is 22.3.